The maximum Gasteiger partial charge on any atom is 0.282 e. The Bertz CT molecular complexity index is 797. The van der Waals surface area contributed by atoms with Crippen molar-refractivity contribution in [3.05, 3.63) is 36.2 Å². The second-order valence-corrected chi connectivity index (χ2v) is 8.07. The first-order chi connectivity index (χ1) is 12.5. The Hall–Kier alpha value is -1.81. The quantitative estimate of drug-likeness (QED) is 0.724. The van der Waals surface area contributed by atoms with Crippen LogP contribution in [-0.4, -0.2) is 71.3 Å². The summed E-state index contributed by atoms with van der Waals surface area (Å²) in [6, 6.07) is 9.68. The zero-order valence-corrected chi connectivity index (χ0v) is 16.0. The number of rotatable bonds is 7. The van der Waals surface area contributed by atoms with E-state index in [1.165, 1.54) is 4.31 Å². The molecule has 0 saturated carbocycles. The number of hydrogen-bond acceptors (Lipinski definition) is 6. The SMILES string of the molecule is CCN(CC)S(=O)(=O)N1CCN(Cc2nc(-c3ccccc3)no2)CC1. The summed E-state index contributed by atoms with van der Waals surface area (Å²) in [4.78, 5) is 6.57. The lowest BCUT2D eigenvalue weighted by Gasteiger charge is -2.35. The minimum absolute atomic E-state index is 0.471. The third-order valence-corrected chi connectivity index (χ3v) is 6.73. The van der Waals surface area contributed by atoms with Gasteiger partial charge < -0.3 is 4.52 Å². The zero-order chi connectivity index (χ0) is 18.6. The Balaban J connectivity index is 1.57. The van der Waals surface area contributed by atoms with Crippen LogP contribution in [0, 0.1) is 0 Å². The lowest BCUT2D eigenvalue weighted by molar-refractivity contribution is 0.158. The van der Waals surface area contributed by atoms with Crippen molar-refractivity contribution in [2.45, 2.75) is 20.4 Å². The average Bonchev–Trinajstić information content (AvgIpc) is 3.12. The Morgan fingerprint density at radius 3 is 2.35 bits per heavy atom. The van der Waals surface area contributed by atoms with Gasteiger partial charge in [0.05, 0.1) is 6.54 Å². The van der Waals surface area contributed by atoms with Crippen LogP contribution in [-0.2, 0) is 16.8 Å². The summed E-state index contributed by atoms with van der Waals surface area (Å²) >= 11 is 0. The molecule has 0 spiro atoms. The highest BCUT2D eigenvalue weighted by Gasteiger charge is 2.31. The summed E-state index contributed by atoms with van der Waals surface area (Å²) in [5.74, 6) is 1.12. The molecule has 1 aliphatic rings. The van der Waals surface area contributed by atoms with Crippen molar-refractivity contribution < 1.29 is 12.9 Å². The van der Waals surface area contributed by atoms with Gasteiger partial charge in [-0.3, -0.25) is 4.90 Å². The maximum absolute atomic E-state index is 12.6. The smallest absolute Gasteiger partial charge is 0.282 e. The summed E-state index contributed by atoms with van der Waals surface area (Å²) in [5.41, 5.74) is 0.914. The third kappa shape index (κ3) is 4.12. The van der Waals surface area contributed by atoms with E-state index in [9.17, 15) is 8.42 Å². The van der Waals surface area contributed by atoms with Gasteiger partial charge in [0, 0.05) is 44.8 Å². The molecule has 2 aromatic rings. The molecule has 0 unspecified atom stereocenters. The molecule has 1 fully saturated rings. The van der Waals surface area contributed by atoms with Crippen LogP contribution in [0.2, 0.25) is 0 Å². The number of hydrogen-bond donors (Lipinski definition) is 0. The lowest BCUT2D eigenvalue weighted by atomic mass is 10.2. The predicted octanol–water partition coefficient (Wildman–Crippen LogP) is 1.44. The first kappa shape index (κ1) is 19.0. The molecule has 0 radical (unpaired) electrons. The van der Waals surface area contributed by atoms with Crippen molar-refractivity contribution in [3.8, 4) is 11.4 Å². The van der Waals surface area contributed by atoms with Crippen LogP contribution in [0.15, 0.2) is 34.9 Å². The van der Waals surface area contributed by atoms with E-state index in [0.717, 1.165) is 5.56 Å². The molecule has 0 amide bonds. The molecule has 0 N–H and O–H groups in total. The summed E-state index contributed by atoms with van der Waals surface area (Å²) in [7, 11) is -3.36. The number of aromatic nitrogens is 2. The van der Waals surface area contributed by atoms with Gasteiger partial charge in [0.1, 0.15) is 0 Å². The van der Waals surface area contributed by atoms with E-state index in [1.807, 2.05) is 44.2 Å². The molecular formula is C17H25N5O3S. The van der Waals surface area contributed by atoms with Gasteiger partial charge in [0.15, 0.2) is 0 Å². The fourth-order valence-corrected chi connectivity index (χ4v) is 4.65. The number of benzene rings is 1. The van der Waals surface area contributed by atoms with Gasteiger partial charge in [-0.15, -0.1) is 0 Å². The Kier molecular flexibility index (Phi) is 6.02. The molecule has 9 heteroatoms. The first-order valence-electron chi connectivity index (χ1n) is 8.90. The Morgan fingerprint density at radius 2 is 1.73 bits per heavy atom. The van der Waals surface area contributed by atoms with Crippen LogP contribution in [0.4, 0.5) is 0 Å². The fourth-order valence-electron chi connectivity index (χ4n) is 3.05. The largest absolute Gasteiger partial charge is 0.338 e. The molecule has 142 valence electrons. The molecule has 8 nitrogen and oxygen atoms in total. The van der Waals surface area contributed by atoms with E-state index in [2.05, 4.69) is 15.0 Å². The van der Waals surface area contributed by atoms with Crippen molar-refractivity contribution in [2.24, 2.45) is 0 Å². The predicted molar refractivity (Wildman–Crippen MR) is 98.4 cm³/mol. The van der Waals surface area contributed by atoms with Crippen LogP contribution in [0.5, 0.6) is 0 Å². The molecule has 3 rings (SSSR count). The molecular weight excluding hydrogens is 354 g/mol. The molecule has 1 saturated heterocycles. The first-order valence-corrected chi connectivity index (χ1v) is 10.3. The number of piperazine rings is 1. The van der Waals surface area contributed by atoms with E-state index in [4.69, 9.17) is 4.52 Å². The average molecular weight is 379 g/mol. The van der Waals surface area contributed by atoms with Crippen molar-refractivity contribution in [3.63, 3.8) is 0 Å². The highest BCUT2D eigenvalue weighted by atomic mass is 32.2. The molecule has 1 aromatic carbocycles. The lowest BCUT2D eigenvalue weighted by Crippen LogP contribution is -2.52. The van der Waals surface area contributed by atoms with E-state index >= 15 is 0 Å². The van der Waals surface area contributed by atoms with Crippen LogP contribution in [0.25, 0.3) is 11.4 Å². The summed E-state index contributed by atoms with van der Waals surface area (Å²) in [6.45, 7) is 7.45. The van der Waals surface area contributed by atoms with Crippen LogP contribution in [0.3, 0.4) is 0 Å². The molecule has 1 aliphatic heterocycles. The van der Waals surface area contributed by atoms with E-state index in [0.29, 0.717) is 57.5 Å². The Labute approximate surface area is 154 Å². The molecule has 1 aromatic heterocycles. The molecule has 0 bridgehead atoms. The summed E-state index contributed by atoms with van der Waals surface area (Å²) in [6.07, 6.45) is 0. The second-order valence-electron chi connectivity index (χ2n) is 6.15. The monoisotopic (exact) mass is 379 g/mol. The minimum atomic E-state index is -3.36. The van der Waals surface area contributed by atoms with Crippen LogP contribution >= 0.6 is 0 Å². The summed E-state index contributed by atoms with van der Waals surface area (Å²) in [5, 5.41) is 4.03. The molecule has 0 atom stereocenters. The second kappa shape index (κ2) is 8.26. The van der Waals surface area contributed by atoms with E-state index in [-0.39, 0.29) is 0 Å². The van der Waals surface area contributed by atoms with Crippen molar-refractivity contribution >= 4 is 10.2 Å². The van der Waals surface area contributed by atoms with Crippen molar-refractivity contribution in [1.29, 1.82) is 0 Å². The van der Waals surface area contributed by atoms with Crippen LogP contribution in [0.1, 0.15) is 19.7 Å². The maximum atomic E-state index is 12.6. The fraction of sp³-hybridized carbons (Fsp3) is 0.529. The molecule has 26 heavy (non-hydrogen) atoms. The van der Waals surface area contributed by atoms with Gasteiger partial charge in [0.25, 0.3) is 10.2 Å². The molecule has 2 heterocycles. The Morgan fingerprint density at radius 1 is 1.08 bits per heavy atom. The van der Waals surface area contributed by atoms with E-state index in [1.54, 1.807) is 4.31 Å². The standard InChI is InChI=1S/C17H25N5O3S/c1-3-21(4-2)26(23,24)22-12-10-20(11-13-22)14-16-18-17(19-25-16)15-8-6-5-7-9-15/h5-9H,3-4,10-14H2,1-2H3. The third-order valence-electron chi connectivity index (χ3n) is 4.55. The number of nitrogens with zero attached hydrogens (tertiary/aromatic N) is 5. The van der Waals surface area contributed by atoms with Crippen LogP contribution < -0.4 is 0 Å². The van der Waals surface area contributed by atoms with Gasteiger partial charge in [-0.25, -0.2) is 0 Å². The minimum Gasteiger partial charge on any atom is -0.338 e. The van der Waals surface area contributed by atoms with Gasteiger partial charge in [-0.2, -0.15) is 22.0 Å². The highest BCUT2D eigenvalue weighted by molar-refractivity contribution is 7.86. The van der Waals surface area contributed by atoms with Gasteiger partial charge in [0.2, 0.25) is 11.7 Å². The van der Waals surface area contributed by atoms with Crippen molar-refractivity contribution in [1.82, 2.24) is 23.7 Å². The summed E-state index contributed by atoms with van der Waals surface area (Å²) < 4.78 is 33.5. The van der Waals surface area contributed by atoms with E-state index < -0.39 is 10.2 Å². The zero-order valence-electron chi connectivity index (χ0n) is 15.2. The van der Waals surface area contributed by atoms with Gasteiger partial charge in [-0.05, 0) is 0 Å². The normalized spacial score (nSPS) is 17.0. The highest BCUT2D eigenvalue weighted by Crippen LogP contribution is 2.17. The van der Waals surface area contributed by atoms with Crippen molar-refractivity contribution in [2.75, 3.05) is 39.3 Å². The van der Waals surface area contributed by atoms with Gasteiger partial charge in [-0.1, -0.05) is 49.3 Å². The topological polar surface area (TPSA) is 82.8 Å². The van der Waals surface area contributed by atoms with Gasteiger partial charge >= 0.3 is 0 Å². The molecule has 0 aliphatic carbocycles.